The zero-order valence-electron chi connectivity index (χ0n) is 21.7. The molecular weight excluding hydrogens is 392 g/mol. The summed E-state index contributed by atoms with van der Waals surface area (Å²) >= 11 is 0. The number of aliphatic carboxylic acids is 1. The Morgan fingerprint density at radius 2 is 1.62 bits per heavy atom. The topological polar surface area (TPSA) is 37.3 Å². The van der Waals surface area contributed by atoms with Crippen molar-refractivity contribution in [3.63, 3.8) is 0 Å². The zero-order valence-corrected chi connectivity index (χ0v) is 21.7. The number of fused-ring (bicyclic) bond motifs is 7. The molecular formula is C30H46O2. The molecule has 0 unspecified atom stereocenters. The lowest BCUT2D eigenvalue weighted by Crippen LogP contribution is -2.62. The van der Waals surface area contributed by atoms with Gasteiger partial charge in [0.05, 0.1) is 5.41 Å². The second-order valence-electron chi connectivity index (χ2n) is 14.5. The highest BCUT2D eigenvalue weighted by atomic mass is 16.4. The first kappa shape index (κ1) is 22.7. The molecule has 3 fully saturated rings. The molecule has 5 rings (SSSR count). The lowest BCUT2D eigenvalue weighted by atomic mass is 9.34. The molecule has 5 aliphatic rings. The van der Waals surface area contributed by atoms with Crippen molar-refractivity contribution in [1.29, 1.82) is 0 Å². The highest BCUT2D eigenvalue weighted by molar-refractivity contribution is 5.74. The van der Waals surface area contributed by atoms with Gasteiger partial charge >= 0.3 is 5.97 Å². The lowest BCUT2D eigenvalue weighted by molar-refractivity contribution is -0.167. The van der Waals surface area contributed by atoms with Crippen LogP contribution in [0.2, 0.25) is 0 Å². The van der Waals surface area contributed by atoms with Crippen LogP contribution in [0, 0.1) is 50.2 Å². The minimum absolute atomic E-state index is 0.204. The highest BCUT2D eigenvalue weighted by Crippen LogP contribution is 2.75. The Kier molecular flexibility index (Phi) is 4.65. The Bertz CT molecular complexity index is 897. The molecule has 0 aromatic rings. The molecule has 1 N–H and O–H groups in total. The molecule has 0 amide bonds. The van der Waals surface area contributed by atoms with E-state index in [0.717, 1.165) is 25.2 Å². The number of carbonyl (C=O) groups is 1. The van der Waals surface area contributed by atoms with Crippen LogP contribution in [-0.2, 0) is 4.79 Å². The van der Waals surface area contributed by atoms with Crippen LogP contribution in [-0.4, -0.2) is 11.1 Å². The van der Waals surface area contributed by atoms with Gasteiger partial charge in [-0.1, -0.05) is 65.3 Å². The second kappa shape index (κ2) is 6.54. The van der Waals surface area contributed by atoms with Crippen LogP contribution in [0.4, 0.5) is 0 Å². The van der Waals surface area contributed by atoms with E-state index in [9.17, 15) is 9.90 Å². The summed E-state index contributed by atoms with van der Waals surface area (Å²) in [6, 6.07) is 0. The van der Waals surface area contributed by atoms with Gasteiger partial charge in [-0.15, -0.1) is 0 Å². The van der Waals surface area contributed by atoms with Gasteiger partial charge in [0.25, 0.3) is 0 Å². The summed E-state index contributed by atoms with van der Waals surface area (Å²) in [6.07, 6.45) is 18.0. The molecule has 0 aromatic heterocycles. The molecule has 0 aliphatic heterocycles. The molecule has 5 aliphatic carbocycles. The summed E-state index contributed by atoms with van der Waals surface area (Å²) in [5, 5.41) is 10.1. The summed E-state index contributed by atoms with van der Waals surface area (Å²) < 4.78 is 0. The number of carboxylic acids is 1. The molecule has 0 spiro atoms. The van der Waals surface area contributed by atoms with E-state index in [2.05, 4.69) is 59.8 Å². The number of hydrogen-bond donors (Lipinski definition) is 1. The zero-order chi connectivity index (χ0) is 23.4. The minimum atomic E-state index is -0.587. The highest BCUT2D eigenvalue weighted by Gasteiger charge is 2.67. The third kappa shape index (κ3) is 2.67. The van der Waals surface area contributed by atoms with Gasteiger partial charge in [-0.05, 0) is 110 Å². The van der Waals surface area contributed by atoms with Crippen LogP contribution in [0.15, 0.2) is 23.8 Å². The summed E-state index contributed by atoms with van der Waals surface area (Å²) in [5.41, 5.74) is 2.53. The quantitative estimate of drug-likeness (QED) is 0.421. The van der Waals surface area contributed by atoms with E-state index in [1.54, 1.807) is 5.57 Å². The smallest absolute Gasteiger partial charge is 0.309 e. The standard InChI is InChI=1S/C30H46O2/c1-25(2)12-8-13-28(5)22(25)11-14-30(7)23(28)10-9-20-21-19-27(4,24(31)32)16-15-26(21,3)17-18-29(20,30)6/h8-9,12,21-23H,10-11,13-19H2,1-7H3,(H,31,32)/t21-,22+,23-,26-,27+,28+,29-,30-/m1/s1. The van der Waals surface area contributed by atoms with Gasteiger partial charge in [-0.2, -0.15) is 0 Å². The van der Waals surface area contributed by atoms with E-state index in [4.69, 9.17) is 0 Å². The van der Waals surface area contributed by atoms with Crippen LogP contribution in [0.1, 0.15) is 106 Å². The monoisotopic (exact) mass is 438 g/mol. The Hall–Kier alpha value is -1.05. The molecule has 0 radical (unpaired) electrons. The number of allylic oxidation sites excluding steroid dienone is 4. The van der Waals surface area contributed by atoms with Crippen LogP contribution in [0.25, 0.3) is 0 Å². The summed E-state index contributed by atoms with van der Waals surface area (Å²) in [5.74, 6) is 1.32. The van der Waals surface area contributed by atoms with Gasteiger partial charge in [0, 0.05) is 0 Å². The molecule has 32 heavy (non-hydrogen) atoms. The molecule has 0 aromatic carbocycles. The average molecular weight is 439 g/mol. The Morgan fingerprint density at radius 3 is 2.31 bits per heavy atom. The first-order valence-corrected chi connectivity index (χ1v) is 13.3. The van der Waals surface area contributed by atoms with Gasteiger partial charge in [-0.3, -0.25) is 4.79 Å². The van der Waals surface area contributed by atoms with E-state index < -0.39 is 11.4 Å². The Labute approximate surface area is 196 Å². The van der Waals surface area contributed by atoms with Gasteiger partial charge in [0.2, 0.25) is 0 Å². The van der Waals surface area contributed by atoms with Crippen LogP contribution in [0.5, 0.6) is 0 Å². The first-order chi connectivity index (χ1) is 14.7. The second-order valence-corrected chi connectivity index (χ2v) is 14.5. The summed E-state index contributed by atoms with van der Waals surface area (Å²) in [4.78, 5) is 12.2. The molecule has 8 atom stereocenters. The maximum Gasteiger partial charge on any atom is 0.309 e. The van der Waals surface area contributed by atoms with E-state index >= 15 is 0 Å². The molecule has 0 saturated heterocycles. The van der Waals surface area contributed by atoms with Crippen molar-refractivity contribution in [1.82, 2.24) is 0 Å². The number of rotatable bonds is 1. The molecule has 178 valence electrons. The maximum absolute atomic E-state index is 12.2. The molecule has 0 heterocycles. The fourth-order valence-electron chi connectivity index (χ4n) is 10.2. The number of carboxylic acid groups (broad SMARTS) is 1. The lowest BCUT2D eigenvalue weighted by Gasteiger charge is -2.70. The van der Waals surface area contributed by atoms with Crippen molar-refractivity contribution in [2.45, 2.75) is 106 Å². The van der Waals surface area contributed by atoms with Crippen LogP contribution >= 0.6 is 0 Å². The van der Waals surface area contributed by atoms with E-state index in [1.165, 1.54) is 38.5 Å². The molecule has 2 heteroatoms. The van der Waals surface area contributed by atoms with Crippen molar-refractivity contribution < 1.29 is 9.90 Å². The SMILES string of the molecule is CC1(C)C=CC[C@]2(C)[C@H]3CC=C4[C@H]5C[C@@](C)(C(=O)O)CC[C@]5(C)CC[C@@]4(C)[C@]3(C)CC[C@@H]12. The normalized spacial score (nSPS) is 53.8. The summed E-state index contributed by atoms with van der Waals surface area (Å²) in [7, 11) is 0. The third-order valence-electron chi connectivity index (χ3n) is 12.6. The van der Waals surface area contributed by atoms with Crippen molar-refractivity contribution in [2.75, 3.05) is 0 Å². The van der Waals surface area contributed by atoms with E-state index in [0.29, 0.717) is 22.7 Å². The van der Waals surface area contributed by atoms with Crippen molar-refractivity contribution >= 4 is 5.97 Å². The van der Waals surface area contributed by atoms with Crippen molar-refractivity contribution in [2.24, 2.45) is 50.2 Å². The van der Waals surface area contributed by atoms with Crippen LogP contribution in [0.3, 0.4) is 0 Å². The molecule has 3 saturated carbocycles. The van der Waals surface area contributed by atoms with Gasteiger partial charge in [0.15, 0.2) is 0 Å². The Balaban J connectivity index is 1.58. The summed E-state index contributed by atoms with van der Waals surface area (Å²) in [6.45, 7) is 17.2. The van der Waals surface area contributed by atoms with Gasteiger partial charge in [-0.25, -0.2) is 0 Å². The predicted octanol–water partition coefficient (Wildman–Crippen LogP) is 8.04. The molecule has 0 bridgehead atoms. The average Bonchev–Trinajstić information content (AvgIpc) is 2.69. The van der Waals surface area contributed by atoms with Gasteiger partial charge in [0.1, 0.15) is 0 Å². The Morgan fingerprint density at radius 1 is 0.938 bits per heavy atom. The number of hydrogen-bond acceptors (Lipinski definition) is 1. The van der Waals surface area contributed by atoms with Crippen molar-refractivity contribution in [3.8, 4) is 0 Å². The van der Waals surface area contributed by atoms with E-state index in [-0.39, 0.29) is 16.2 Å². The fourth-order valence-corrected chi connectivity index (χ4v) is 10.2. The van der Waals surface area contributed by atoms with Crippen molar-refractivity contribution in [3.05, 3.63) is 23.8 Å². The minimum Gasteiger partial charge on any atom is -0.481 e. The van der Waals surface area contributed by atoms with E-state index in [1.807, 2.05) is 6.92 Å². The van der Waals surface area contributed by atoms with Gasteiger partial charge < -0.3 is 5.11 Å². The maximum atomic E-state index is 12.2. The molecule has 2 nitrogen and oxygen atoms in total. The van der Waals surface area contributed by atoms with Crippen LogP contribution < -0.4 is 0 Å². The largest absolute Gasteiger partial charge is 0.481 e. The first-order valence-electron chi connectivity index (χ1n) is 13.3. The fraction of sp³-hybridized carbons (Fsp3) is 0.833. The predicted molar refractivity (Wildman–Crippen MR) is 131 cm³/mol. The third-order valence-corrected chi connectivity index (χ3v) is 12.6.